The number of carbonyl (C=O) groups excluding carboxylic acids is 2. The third kappa shape index (κ3) is 6.55. The molecule has 10 nitrogen and oxygen atoms in total. The minimum atomic E-state index is -2.21. The van der Waals surface area contributed by atoms with Gasteiger partial charge >= 0.3 is 5.97 Å². The molecule has 11 aliphatic carbocycles. The number of carbonyl (C=O) groups is 2. The number of fused-ring (bicyclic) bond motifs is 8. The average Bonchev–Trinajstić information content (AvgIpc) is 4.01. The number of aliphatic hydroxyl groups is 5. The van der Waals surface area contributed by atoms with Gasteiger partial charge in [-0.25, -0.2) is 4.79 Å². The first kappa shape index (κ1) is 49.2. The Labute approximate surface area is 443 Å². The Hall–Kier alpha value is -4.08. The van der Waals surface area contributed by atoms with Crippen LogP contribution >= 0.6 is 0 Å². The predicted molar refractivity (Wildman–Crippen MR) is 282 cm³/mol. The van der Waals surface area contributed by atoms with Gasteiger partial charge in [-0.1, -0.05) is 92.1 Å². The maximum absolute atomic E-state index is 15.5. The van der Waals surface area contributed by atoms with Crippen molar-refractivity contribution >= 4 is 12.3 Å². The van der Waals surface area contributed by atoms with Gasteiger partial charge in [-0.2, -0.15) is 0 Å². The van der Waals surface area contributed by atoms with Gasteiger partial charge in [0.15, 0.2) is 0 Å². The molecule has 2 aromatic rings. The lowest BCUT2D eigenvalue weighted by Crippen LogP contribution is -2.86. The lowest BCUT2D eigenvalue weighted by molar-refractivity contribution is -0.385. The second-order valence-corrected chi connectivity index (χ2v) is 26.8. The number of hydrogen-bond acceptors (Lipinski definition) is 10. The summed E-state index contributed by atoms with van der Waals surface area (Å²) in [6.07, 6.45) is 22.8. The zero-order valence-electron chi connectivity index (χ0n) is 43.8. The lowest BCUT2D eigenvalue weighted by Gasteiger charge is -2.75. The van der Waals surface area contributed by atoms with Crippen molar-refractivity contribution in [1.29, 1.82) is 0 Å². The summed E-state index contributed by atoms with van der Waals surface area (Å²) in [5.41, 5.74) is -4.18. The monoisotopic (exact) mass is 1020 g/mol. The summed E-state index contributed by atoms with van der Waals surface area (Å²) in [4.78, 5) is 29.3. The number of aldehydes is 1. The van der Waals surface area contributed by atoms with Gasteiger partial charge in [0.2, 0.25) is 0 Å². The number of benzene rings is 2. The van der Waals surface area contributed by atoms with Gasteiger partial charge in [0.05, 0.1) is 30.0 Å². The first-order chi connectivity index (χ1) is 36.4. The molecule has 21 atom stereocenters. The van der Waals surface area contributed by atoms with Gasteiger partial charge in [-0.15, -0.1) is 0 Å². The van der Waals surface area contributed by atoms with E-state index in [1.807, 2.05) is 31.5 Å². The lowest BCUT2D eigenvalue weighted by atomic mass is 9.32. The molecule has 4 bridgehead atoms. The molecule has 2 spiro atoms. The van der Waals surface area contributed by atoms with Crippen molar-refractivity contribution in [2.45, 2.75) is 170 Å². The molecule has 0 unspecified atom stereocenters. The first-order valence-electron chi connectivity index (χ1n) is 29.5. The quantitative estimate of drug-likeness (QED) is 0.0691. The summed E-state index contributed by atoms with van der Waals surface area (Å²) in [5.74, 6) is 5.01. The van der Waals surface area contributed by atoms with Gasteiger partial charge in [-0.3, -0.25) is 0 Å². The van der Waals surface area contributed by atoms with E-state index in [1.165, 1.54) is 31.2 Å². The zero-order valence-corrected chi connectivity index (χ0v) is 43.8. The minimum absolute atomic E-state index is 0.0978. The fourth-order valence-corrected chi connectivity index (χ4v) is 22.0. The smallest absolute Gasteiger partial charge is 0.331 e. The Balaban J connectivity index is 0.943. The zero-order chi connectivity index (χ0) is 51.3. The van der Waals surface area contributed by atoms with Crippen LogP contribution < -0.4 is 5.32 Å². The van der Waals surface area contributed by atoms with Crippen molar-refractivity contribution < 1.29 is 44.6 Å². The molecular weight excluding hydrogens is 939 g/mol. The molecule has 8 saturated carbocycles. The molecule has 2 aliphatic heterocycles. The number of aryl methyl sites for hydroxylation is 1. The maximum atomic E-state index is 15.5. The van der Waals surface area contributed by atoms with Crippen molar-refractivity contribution in [3.63, 3.8) is 0 Å². The van der Waals surface area contributed by atoms with Crippen molar-refractivity contribution in [2.24, 2.45) is 87.3 Å². The summed E-state index contributed by atoms with van der Waals surface area (Å²) in [6.45, 7) is -0.127. The highest BCUT2D eigenvalue weighted by Crippen LogP contribution is 2.80. The van der Waals surface area contributed by atoms with Crippen molar-refractivity contribution in [3.8, 4) is 11.8 Å². The van der Waals surface area contributed by atoms with E-state index in [0.717, 1.165) is 60.7 Å². The molecule has 2 aromatic carbocycles. The van der Waals surface area contributed by atoms with E-state index in [9.17, 15) is 30.3 Å². The molecule has 13 aliphatic rings. The number of allylic oxidation sites excluding steroid dienone is 3. The van der Waals surface area contributed by atoms with Gasteiger partial charge in [-0.05, 0) is 179 Å². The van der Waals surface area contributed by atoms with E-state index in [1.54, 1.807) is 6.08 Å². The molecule has 0 amide bonds. The molecule has 8 fully saturated rings. The van der Waals surface area contributed by atoms with E-state index in [0.29, 0.717) is 75.5 Å². The number of aliphatic hydroxyl groups excluding tert-OH is 2. The normalized spacial score (nSPS) is 48.6. The number of likely N-dealkylation sites (N-methyl/N-ethyl adjacent to an activating group) is 1. The van der Waals surface area contributed by atoms with E-state index in [-0.39, 0.29) is 60.7 Å². The first-order valence-corrected chi connectivity index (χ1v) is 29.5. The minimum Gasteiger partial charge on any atom is -0.497 e. The van der Waals surface area contributed by atoms with Crippen LogP contribution in [-0.2, 0) is 38.5 Å². The molecule has 10 heteroatoms. The average molecular weight is 1020 g/mol. The largest absolute Gasteiger partial charge is 0.497 e. The van der Waals surface area contributed by atoms with Crippen LogP contribution in [-0.4, -0.2) is 86.0 Å². The second-order valence-electron chi connectivity index (χ2n) is 26.8. The van der Waals surface area contributed by atoms with Gasteiger partial charge in [0.25, 0.3) is 0 Å². The van der Waals surface area contributed by atoms with E-state index >= 15 is 4.79 Å². The van der Waals surface area contributed by atoms with E-state index < -0.39 is 69.0 Å². The molecule has 0 saturated heterocycles. The Morgan fingerprint density at radius 2 is 1.72 bits per heavy atom. The standard InChI is InChI=1S/C65H79NO9/c1-66-53-31-47-41(16-9-18-43(47)35-67)15-7-8-24-61-25-22-54-62(37-68)36-60-33-39(21-20-38-11-3-2-4-12-38)27-45(60)23-26-74-59(60)52-29-42-17-10-19-46(40-13-5-6-14-40)48(42)30-51(64(52,62)72)58(70)65(54,73)63(61,71)34-44-28-49(53)57-50(56(44)61)32-55(69)75-57/h2-4,9-12,16-18,23,26,32,37,39-40,42,44-46,48-49,51-54,56-59,66-67,70-73H,5-6,8,13-14,19-22,24-25,27-31,33-36H2,1H3/t39-,42-,44-,45-,46+,48+,49+,51+,52+,53+,54+,56+,57-,58+,59+,60-,61+,62-,63+,64-,65+/m0/s1. The summed E-state index contributed by atoms with van der Waals surface area (Å²) < 4.78 is 13.4. The Morgan fingerprint density at radius 1 is 0.880 bits per heavy atom. The topological polar surface area (TPSA) is 166 Å². The Kier molecular flexibility index (Phi) is 11.6. The summed E-state index contributed by atoms with van der Waals surface area (Å²) in [7, 11) is 1.93. The Morgan fingerprint density at radius 3 is 2.52 bits per heavy atom. The fraction of sp³-hybridized carbons (Fsp3) is 0.662. The van der Waals surface area contributed by atoms with Crippen LogP contribution in [0, 0.1) is 99.1 Å². The highest BCUT2D eigenvalue weighted by molar-refractivity contribution is 5.86. The summed E-state index contributed by atoms with van der Waals surface area (Å²) in [5, 5.41) is 72.8. The molecular formula is C65H79NO9. The van der Waals surface area contributed by atoms with E-state index in [2.05, 4.69) is 65.7 Å². The van der Waals surface area contributed by atoms with Crippen molar-refractivity contribution in [3.05, 3.63) is 107 Å². The maximum Gasteiger partial charge on any atom is 0.331 e. The van der Waals surface area contributed by atoms with Crippen LogP contribution in [0.2, 0.25) is 0 Å². The number of nitrogens with one attached hydrogen (secondary N) is 1. The van der Waals surface area contributed by atoms with Crippen molar-refractivity contribution in [1.82, 2.24) is 5.32 Å². The molecule has 398 valence electrons. The van der Waals surface area contributed by atoms with Gasteiger partial charge < -0.3 is 45.1 Å². The number of esters is 1. The molecule has 0 aromatic heterocycles. The third-order valence-corrected chi connectivity index (χ3v) is 24.6. The predicted octanol–water partition coefficient (Wildman–Crippen LogP) is 8.10. The number of hydrogen-bond donors (Lipinski definition) is 6. The summed E-state index contributed by atoms with van der Waals surface area (Å²) >= 11 is 0. The number of ether oxygens (including phenoxy) is 2. The second kappa shape index (κ2) is 17.7. The van der Waals surface area contributed by atoms with Crippen LogP contribution in [0.1, 0.15) is 131 Å². The van der Waals surface area contributed by atoms with Gasteiger partial charge in [0, 0.05) is 58.6 Å². The highest BCUT2D eigenvalue weighted by Gasteiger charge is 2.87. The molecule has 0 radical (unpaired) electrons. The molecule has 15 rings (SSSR count). The van der Waals surface area contributed by atoms with Crippen molar-refractivity contribution in [2.75, 3.05) is 7.05 Å². The number of rotatable bonds is 7. The van der Waals surface area contributed by atoms with Crippen LogP contribution in [0.25, 0.3) is 0 Å². The third-order valence-electron chi connectivity index (χ3n) is 24.6. The highest BCUT2D eigenvalue weighted by atomic mass is 16.5. The van der Waals surface area contributed by atoms with Crippen LogP contribution in [0.5, 0.6) is 0 Å². The van der Waals surface area contributed by atoms with Crippen LogP contribution in [0.15, 0.2) is 84.7 Å². The molecule has 6 N–H and O–H groups in total. The van der Waals surface area contributed by atoms with Gasteiger partial charge in [0.1, 0.15) is 29.7 Å². The SMILES string of the molecule is CN[C@@H]1Cc2c(cccc2CO)C#CCC[C@]23CC[C@H]4[C@@](O)([C@H](O)[C@H]5C[C@H]6[C@@H](C7CCCC7)CC=C[C@H]6C[C@@H]6[C@H]7OC=C[C@H]8C[C@H](CCc9ccccc9)C[C@@]78C[C@@]4(C=O)[C@@]65O)[C@@]2(O)C[C@@H]2C[C@H]1[C@@H]1OC(=O)C=C1[C@@H]23. The van der Waals surface area contributed by atoms with Crippen LogP contribution in [0.4, 0.5) is 0 Å². The summed E-state index contributed by atoms with van der Waals surface area (Å²) in [6, 6.07) is 16.4. The molecule has 75 heavy (non-hydrogen) atoms. The van der Waals surface area contributed by atoms with Crippen LogP contribution in [0.3, 0.4) is 0 Å². The Bertz CT molecular complexity index is 2770. The van der Waals surface area contributed by atoms with E-state index in [4.69, 9.17) is 9.47 Å². The molecule has 2 heterocycles. The fourth-order valence-electron chi connectivity index (χ4n) is 22.0.